The molecule has 28 heavy (non-hydrogen) atoms. The third-order valence-corrected chi connectivity index (χ3v) is 3.95. The summed E-state index contributed by atoms with van der Waals surface area (Å²) in [5.74, 6) is 0.503. The Bertz CT molecular complexity index is 1160. The molecule has 7 nitrogen and oxygen atoms in total. The zero-order valence-corrected chi connectivity index (χ0v) is 14.6. The highest BCUT2D eigenvalue weighted by Crippen LogP contribution is 2.31. The van der Waals surface area contributed by atoms with Gasteiger partial charge in [0, 0.05) is 5.39 Å². The van der Waals surface area contributed by atoms with Crippen molar-refractivity contribution in [3.8, 4) is 11.5 Å². The SMILES string of the molecule is COc1ccc(/C=N\Nc2ncnc3c2oc2ccccc23)cc1OC(F)F. The molecule has 0 aliphatic rings. The first-order chi connectivity index (χ1) is 13.7. The smallest absolute Gasteiger partial charge is 0.387 e. The number of aromatic nitrogens is 2. The number of fused-ring (bicyclic) bond motifs is 3. The van der Waals surface area contributed by atoms with Crippen LogP contribution in [0, 0.1) is 0 Å². The number of hydrogen-bond acceptors (Lipinski definition) is 7. The van der Waals surface area contributed by atoms with Crippen LogP contribution in [0.5, 0.6) is 11.5 Å². The molecule has 0 bridgehead atoms. The first-order valence-electron chi connectivity index (χ1n) is 8.20. The Morgan fingerprint density at radius 2 is 2.00 bits per heavy atom. The molecule has 0 saturated carbocycles. The van der Waals surface area contributed by atoms with Gasteiger partial charge in [0.25, 0.3) is 0 Å². The highest BCUT2D eigenvalue weighted by molar-refractivity contribution is 6.05. The average molecular weight is 384 g/mol. The summed E-state index contributed by atoms with van der Waals surface area (Å²) in [6, 6.07) is 12.1. The van der Waals surface area contributed by atoms with E-state index in [0.29, 0.717) is 28.1 Å². The number of nitrogens with one attached hydrogen (secondary N) is 1. The first kappa shape index (κ1) is 17.7. The Hall–Kier alpha value is -3.75. The number of nitrogens with zero attached hydrogens (tertiary/aromatic N) is 3. The topological polar surface area (TPSA) is 81.8 Å². The summed E-state index contributed by atoms with van der Waals surface area (Å²) in [5, 5.41) is 4.97. The number of ether oxygens (including phenoxy) is 2. The fraction of sp³-hybridized carbons (Fsp3) is 0.105. The quantitative estimate of drug-likeness (QED) is 0.391. The number of rotatable bonds is 6. The van der Waals surface area contributed by atoms with Crippen molar-refractivity contribution in [2.24, 2.45) is 5.10 Å². The van der Waals surface area contributed by atoms with Gasteiger partial charge in [0.05, 0.1) is 13.3 Å². The van der Waals surface area contributed by atoms with Crippen LogP contribution < -0.4 is 14.9 Å². The molecule has 0 aliphatic carbocycles. The molecule has 0 atom stereocenters. The van der Waals surface area contributed by atoms with Gasteiger partial charge in [0.1, 0.15) is 17.4 Å². The van der Waals surface area contributed by atoms with Crippen molar-refractivity contribution in [3.05, 3.63) is 54.4 Å². The number of hydrogen-bond donors (Lipinski definition) is 1. The van der Waals surface area contributed by atoms with Gasteiger partial charge in [-0.1, -0.05) is 12.1 Å². The Morgan fingerprint density at radius 3 is 2.82 bits per heavy atom. The lowest BCUT2D eigenvalue weighted by Crippen LogP contribution is -2.04. The number of methoxy groups -OCH3 is 1. The van der Waals surface area contributed by atoms with Crippen LogP contribution in [0.4, 0.5) is 14.6 Å². The third-order valence-electron chi connectivity index (χ3n) is 3.95. The lowest BCUT2D eigenvalue weighted by molar-refractivity contribution is -0.0512. The minimum atomic E-state index is -2.96. The Morgan fingerprint density at radius 1 is 1.14 bits per heavy atom. The van der Waals surface area contributed by atoms with Gasteiger partial charge in [-0.3, -0.25) is 5.43 Å². The predicted molar refractivity (Wildman–Crippen MR) is 100 cm³/mol. The number of hydrazone groups is 1. The number of para-hydroxylation sites is 1. The monoisotopic (exact) mass is 384 g/mol. The maximum absolute atomic E-state index is 12.5. The van der Waals surface area contributed by atoms with Gasteiger partial charge in [0.2, 0.25) is 0 Å². The summed E-state index contributed by atoms with van der Waals surface area (Å²) in [4.78, 5) is 8.40. The van der Waals surface area contributed by atoms with Gasteiger partial charge < -0.3 is 13.9 Å². The lowest BCUT2D eigenvalue weighted by atomic mass is 10.2. The number of halogens is 2. The van der Waals surface area contributed by atoms with Crippen molar-refractivity contribution < 1.29 is 22.7 Å². The molecule has 9 heteroatoms. The molecule has 0 radical (unpaired) electrons. The minimum absolute atomic E-state index is 0.0804. The van der Waals surface area contributed by atoms with Crippen molar-refractivity contribution in [2.75, 3.05) is 12.5 Å². The van der Waals surface area contributed by atoms with Crippen LogP contribution in [-0.4, -0.2) is 29.9 Å². The highest BCUT2D eigenvalue weighted by atomic mass is 19.3. The molecule has 2 aromatic heterocycles. The first-order valence-corrected chi connectivity index (χ1v) is 8.20. The van der Waals surface area contributed by atoms with Gasteiger partial charge in [-0.2, -0.15) is 13.9 Å². The van der Waals surface area contributed by atoms with Crippen molar-refractivity contribution in [3.63, 3.8) is 0 Å². The minimum Gasteiger partial charge on any atom is -0.493 e. The van der Waals surface area contributed by atoms with Crippen molar-refractivity contribution in [2.45, 2.75) is 6.61 Å². The molecule has 0 amide bonds. The van der Waals surface area contributed by atoms with E-state index in [1.807, 2.05) is 24.3 Å². The largest absolute Gasteiger partial charge is 0.493 e. The molecular formula is C19H14F2N4O3. The molecule has 0 fully saturated rings. The molecule has 4 rings (SSSR count). The zero-order valence-electron chi connectivity index (χ0n) is 14.6. The van der Waals surface area contributed by atoms with Gasteiger partial charge in [-0.05, 0) is 35.9 Å². The van der Waals surface area contributed by atoms with Crippen LogP contribution in [-0.2, 0) is 0 Å². The molecule has 0 aliphatic heterocycles. The second-order valence-corrected chi connectivity index (χ2v) is 5.66. The summed E-state index contributed by atoms with van der Waals surface area (Å²) in [5.41, 5.74) is 5.14. The van der Waals surface area contributed by atoms with Gasteiger partial charge >= 0.3 is 6.61 Å². The van der Waals surface area contributed by atoms with Crippen LogP contribution in [0.1, 0.15) is 5.56 Å². The number of benzene rings is 2. The zero-order chi connectivity index (χ0) is 19.5. The number of anilines is 1. The maximum atomic E-state index is 12.5. The summed E-state index contributed by atoms with van der Waals surface area (Å²) in [6.07, 6.45) is 2.85. The number of alkyl halides is 2. The fourth-order valence-electron chi connectivity index (χ4n) is 2.73. The van der Waals surface area contributed by atoms with E-state index in [9.17, 15) is 8.78 Å². The predicted octanol–water partition coefficient (Wildman–Crippen LogP) is 4.43. The van der Waals surface area contributed by atoms with Gasteiger partial charge in [-0.15, -0.1) is 0 Å². The van der Waals surface area contributed by atoms with E-state index in [2.05, 4.69) is 25.2 Å². The average Bonchev–Trinajstić information content (AvgIpc) is 3.07. The maximum Gasteiger partial charge on any atom is 0.387 e. The van der Waals surface area contributed by atoms with E-state index >= 15 is 0 Å². The van der Waals surface area contributed by atoms with E-state index in [0.717, 1.165) is 5.39 Å². The molecule has 2 aromatic carbocycles. The highest BCUT2D eigenvalue weighted by Gasteiger charge is 2.13. The van der Waals surface area contributed by atoms with E-state index < -0.39 is 6.61 Å². The van der Waals surface area contributed by atoms with Gasteiger partial charge in [0.15, 0.2) is 22.9 Å². The molecule has 0 unspecified atom stereocenters. The van der Waals surface area contributed by atoms with Crippen LogP contribution in [0.2, 0.25) is 0 Å². The van der Waals surface area contributed by atoms with Gasteiger partial charge in [-0.25, -0.2) is 9.97 Å². The summed E-state index contributed by atoms with van der Waals surface area (Å²) in [7, 11) is 1.37. The second-order valence-electron chi connectivity index (χ2n) is 5.66. The van der Waals surface area contributed by atoms with E-state index in [1.54, 1.807) is 6.07 Å². The normalized spacial score (nSPS) is 11.6. The molecule has 1 N–H and O–H groups in total. The summed E-state index contributed by atoms with van der Waals surface area (Å²) in [6.45, 7) is -2.96. The van der Waals surface area contributed by atoms with Crippen LogP contribution in [0.25, 0.3) is 22.1 Å². The van der Waals surface area contributed by atoms with Crippen LogP contribution in [0.15, 0.2) is 58.3 Å². The van der Waals surface area contributed by atoms with Crippen LogP contribution in [0.3, 0.4) is 0 Å². The van der Waals surface area contributed by atoms with E-state index in [1.165, 1.54) is 31.8 Å². The Kier molecular flexibility index (Phi) is 4.71. The Balaban J connectivity index is 1.60. The fourth-order valence-corrected chi connectivity index (χ4v) is 2.73. The standard InChI is InChI=1S/C19H14F2N4O3/c1-26-14-7-6-11(8-15(14)28-19(20)21)9-24-25-18-17-16(22-10-23-18)12-4-2-3-5-13(12)27-17/h2-10,19H,1H3,(H,22,23,25)/b24-9-. The van der Waals surface area contributed by atoms with Crippen molar-refractivity contribution >= 4 is 34.1 Å². The van der Waals surface area contributed by atoms with Crippen molar-refractivity contribution in [1.29, 1.82) is 0 Å². The second kappa shape index (κ2) is 7.47. The summed E-state index contributed by atoms with van der Waals surface area (Å²) < 4.78 is 40.3. The molecule has 0 spiro atoms. The molecule has 142 valence electrons. The molecule has 4 aromatic rings. The molecular weight excluding hydrogens is 370 g/mol. The molecule has 2 heterocycles. The Labute approximate surface area is 157 Å². The van der Waals surface area contributed by atoms with Crippen LogP contribution >= 0.6 is 0 Å². The lowest BCUT2D eigenvalue weighted by Gasteiger charge is -2.10. The third kappa shape index (κ3) is 3.41. The summed E-state index contributed by atoms with van der Waals surface area (Å²) >= 11 is 0. The van der Waals surface area contributed by atoms with E-state index in [-0.39, 0.29) is 11.5 Å². The molecule has 0 saturated heterocycles. The van der Waals surface area contributed by atoms with E-state index in [4.69, 9.17) is 9.15 Å². The van der Waals surface area contributed by atoms with Crippen molar-refractivity contribution in [1.82, 2.24) is 9.97 Å². The number of furan rings is 1.